The summed E-state index contributed by atoms with van der Waals surface area (Å²) in [5, 5.41) is 22.6. The van der Waals surface area contributed by atoms with Crippen molar-refractivity contribution >= 4 is 22.8 Å². The zero-order valence-corrected chi connectivity index (χ0v) is 20.0. The molecule has 1 aromatic heterocycles. The second kappa shape index (κ2) is 12.5. The first kappa shape index (κ1) is 25.7. The summed E-state index contributed by atoms with van der Waals surface area (Å²) in [6.07, 6.45) is 4.56. The maximum absolute atomic E-state index is 13.0. The van der Waals surface area contributed by atoms with Gasteiger partial charge in [0.1, 0.15) is 11.4 Å². The van der Waals surface area contributed by atoms with Crippen molar-refractivity contribution in [2.75, 3.05) is 13.7 Å². The highest BCUT2D eigenvalue weighted by atomic mass is 16.5. The maximum atomic E-state index is 13.0. The van der Waals surface area contributed by atoms with Crippen molar-refractivity contribution in [3.05, 3.63) is 70.9 Å². The van der Waals surface area contributed by atoms with Crippen LogP contribution >= 0.6 is 0 Å². The fourth-order valence-electron chi connectivity index (χ4n) is 3.75. The quantitative estimate of drug-likeness (QED) is 0.294. The second-order valence-electron chi connectivity index (χ2n) is 8.35. The molecule has 3 N–H and O–H groups in total. The Morgan fingerprint density at radius 3 is 2.57 bits per heavy atom. The summed E-state index contributed by atoms with van der Waals surface area (Å²) in [5.74, 6) is 4.74. The lowest BCUT2D eigenvalue weighted by atomic mass is 10.0. The second-order valence-corrected chi connectivity index (χ2v) is 8.35. The van der Waals surface area contributed by atoms with Gasteiger partial charge in [0.15, 0.2) is 0 Å². The highest BCUT2D eigenvalue weighted by Gasteiger charge is 2.19. The normalized spacial score (nSPS) is 11.5. The van der Waals surface area contributed by atoms with Crippen LogP contribution in [0.2, 0.25) is 0 Å². The molecule has 3 rings (SSSR count). The van der Waals surface area contributed by atoms with Gasteiger partial charge in [-0.25, -0.2) is 9.78 Å². The van der Waals surface area contributed by atoms with E-state index in [0.717, 1.165) is 31.2 Å². The molecule has 1 heterocycles. The highest BCUT2D eigenvalue weighted by Crippen LogP contribution is 2.21. The van der Waals surface area contributed by atoms with E-state index in [2.05, 4.69) is 29.1 Å². The van der Waals surface area contributed by atoms with Crippen molar-refractivity contribution in [3.8, 4) is 17.6 Å². The number of unbranched alkanes of at least 4 members (excludes halogenated alkanes) is 3. The topological polar surface area (TPSA) is 109 Å². The lowest BCUT2D eigenvalue weighted by Gasteiger charge is -2.18. The molecule has 0 aliphatic carbocycles. The first-order valence-electron chi connectivity index (χ1n) is 11.7. The van der Waals surface area contributed by atoms with E-state index in [0.29, 0.717) is 22.9 Å². The van der Waals surface area contributed by atoms with Gasteiger partial charge in [-0.1, -0.05) is 43.7 Å². The Kier molecular flexibility index (Phi) is 9.22. The number of aromatic hydroxyl groups is 1. The summed E-state index contributed by atoms with van der Waals surface area (Å²) in [6, 6.07) is 12.8. The number of aromatic carboxylic acids is 1. The number of nitrogens with zero attached hydrogens (tertiary/aromatic N) is 1. The number of hydrogen-bond acceptors (Lipinski definition) is 5. The van der Waals surface area contributed by atoms with Gasteiger partial charge in [-0.2, -0.15) is 0 Å². The van der Waals surface area contributed by atoms with Crippen molar-refractivity contribution < 1.29 is 24.5 Å². The van der Waals surface area contributed by atoms with Gasteiger partial charge in [-0.3, -0.25) is 4.79 Å². The third-order valence-electron chi connectivity index (χ3n) is 5.53. The van der Waals surface area contributed by atoms with Crippen molar-refractivity contribution in [1.29, 1.82) is 0 Å². The van der Waals surface area contributed by atoms with E-state index >= 15 is 0 Å². The number of hydrogen-bond donors (Lipinski definition) is 3. The number of rotatable bonds is 10. The molecule has 182 valence electrons. The summed E-state index contributed by atoms with van der Waals surface area (Å²) in [5.41, 5.74) is 2.04. The number of carboxylic acids is 1. The summed E-state index contributed by atoms with van der Waals surface area (Å²) in [6.45, 7) is 2.39. The van der Waals surface area contributed by atoms with E-state index < -0.39 is 11.9 Å². The lowest BCUT2D eigenvalue weighted by molar-refractivity contribution is 0.0699. The van der Waals surface area contributed by atoms with E-state index in [1.807, 2.05) is 0 Å². The maximum Gasteiger partial charge on any atom is 0.336 e. The smallest absolute Gasteiger partial charge is 0.336 e. The first-order chi connectivity index (χ1) is 16.9. The number of phenolic OH excluding ortho intramolecular Hbond substituents is 1. The molecule has 0 saturated heterocycles. The number of methoxy groups -OCH3 is 1. The van der Waals surface area contributed by atoms with Crippen LogP contribution in [0.15, 0.2) is 48.5 Å². The van der Waals surface area contributed by atoms with Crippen molar-refractivity contribution in [3.63, 3.8) is 0 Å². The molecule has 7 heteroatoms. The molecule has 0 radical (unpaired) electrons. The number of pyridine rings is 1. The van der Waals surface area contributed by atoms with Crippen LogP contribution in [0.25, 0.3) is 10.9 Å². The number of aromatic nitrogens is 1. The minimum atomic E-state index is -1.14. The van der Waals surface area contributed by atoms with E-state index in [4.69, 9.17) is 4.74 Å². The van der Waals surface area contributed by atoms with Crippen LogP contribution in [0.5, 0.6) is 5.75 Å². The SMILES string of the molecule is CCCCCC#Cc1ccc2nc(C(=O)N[C@H](COC)Cc3ccc(O)cc3)cc(C(=O)O)c2c1. The zero-order chi connectivity index (χ0) is 25.2. The molecule has 0 fully saturated rings. The summed E-state index contributed by atoms with van der Waals surface area (Å²) in [4.78, 5) is 29.4. The van der Waals surface area contributed by atoms with Crippen LogP contribution < -0.4 is 5.32 Å². The largest absolute Gasteiger partial charge is 0.508 e. The third kappa shape index (κ3) is 7.29. The minimum absolute atomic E-state index is 0.00314. The van der Waals surface area contributed by atoms with Gasteiger partial charge in [-0.15, -0.1) is 0 Å². The number of phenols is 1. The first-order valence-corrected chi connectivity index (χ1v) is 11.7. The Hall–Kier alpha value is -3.89. The average molecular weight is 475 g/mol. The molecule has 2 aromatic carbocycles. The Morgan fingerprint density at radius 1 is 1.11 bits per heavy atom. The molecule has 7 nitrogen and oxygen atoms in total. The number of nitrogens with one attached hydrogen (secondary N) is 1. The zero-order valence-electron chi connectivity index (χ0n) is 20.0. The van der Waals surface area contributed by atoms with Crippen molar-refractivity contribution in [1.82, 2.24) is 10.3 Å². The van der Waals surface area contributed by atoms with Crippen LogP contribution in [0.1, 0.15) is 64.6 Å². The molecular formula is C28H30N2O5. The monoisotopic (exact) mass is 474 g/mol. The molecule has 0 bridgehead atoms. The predicted octanol–water partition coefficient (Wildman–Crippen LogP) is 4.56. The van der Waals surface area contributed by atoms with Gasteiger partial charge in [0.05, 0.1) is 23.7 Å². The lowest BCUT2D eigenvalue weighted by Crippen LogP contribution is -2.40. The summed E-state index contributed by atoms with van der Waals surface area (Å²) in [7, 11) is 1.54. The van der Waals surface area contributed by atoms with Gasteiger partial charge >= 0.3 is 5.97 Å². The average Bonchev–Trinajstić information content (AvgIpc) is 2.84. The predicted molar refractivity (Wildman–Crippen MR) is 135 cm³/mol. The number of carboxylic acid groups (broad SMARTS) is 1. The van der Waals surface area contributed by atoms with E-state index in [1.165, 1.54) is 13.2 Å². The van der Waals surface area contributed by atoms with Crippen LogP contribution in [0.3, 0.4) is 0 Å². The van der Waals surface area contributed by atoms with E-state index in [1.54, 1.807) is 42.5 Å². The van der Waals surface area contributed by atoms with Crippen molar-refractivity contribution in [2.24, 2.45) is 0 Å². The van der Waals surface area contributed by atoms with Gasteiger partial charge in [0.25, 0.3) is 5.91 Å². The molecule has 1 atom stereocenters. The van der Waals surface area contributed by atoms with Crippen LogP contribution in [-0.4, -0.2) is 46.8 Å². The van der Waals surface area contributed by atoms with Gasteiger partial charge in [0.2, 0.25) is 0 Å². The van der Waals surface area contributed by atoms with E-state index in [9.17, 15) is 19.8 Å². The van der Waals surface area contributed by atoms with Gasteiger partial charge in [-0.05, 0) is 54.8 Å². The Bertz CT molecular complexity index is 1240. The summed E-state index contributed by atoms with van der Waals surface area (Å²) < 4.78 is 5.24. The highest BCUT2D eigenvalue weighted by molar-refractivity contribution is 6.06. The molecular weight excluding hydrogens is 444 g/mol. The standard InChI is InChI=1S/C28H30N2O5/c1-3-4-5-6-7-8-19-11-14-25-23(16-19)24(28(33)34)17-26(30-25)27(32)29-21(18-35-2)15-20-9-12-22(31)13-10-20/h9-14,16-17,21,31H,3-6,15,18H2,1-2H3,(H,29,32)(H,33,34)/t21-/m0/s1. The molecule has 0 aliphatic heterocycles. The Morgan fingerprint density at radius 2 is 1.89 bits per heavy atom. The van der Waals surface area contributed by atoms with Crippen LogP contribution in [0, 0.1) is 11.8 Å². The molecule has 3 aromatic rings. The molecule has 0 aliphatic rings. The van der Waals surface area contributed by atoms with Crippen molar-refractivity contribution in [2.45, 2.75) is 45.1 Å². The number of ether oxygens (including phenoxy) is 1. The van der Waals surface area contributed by atoms with Crippen LogP contribution in [-0.2, 0) is 11.2 Å². The number of carbonyl (C=O) groups is 2. The number of fused-ring (bicyclic) bond motifs is 1. The number of benzene rings is 2. The minimum Gasteiger partial charge on any atom is -0.508 e. The Balaban J connectivity index is 1.84. The third-order valence-corrected chi connectivity index (χ3v) is 5.53. The van der Waals surface area contributed by atoms with Gasteiger partial charge < -0.3 is 20.3 Å². The fraction of sp³-hybridized carbons (Fsp3) is 0.321. The van der Waals surface area contributed by atoms with Gasteiger partial charge in [0, 0.05) is 24.5 Å². The molecule has 35 heavy (non-hydrogen) atoms. The molecule has 0 saturated carbocycles. The fourth-order valence-corrected chi connectivity index (χ4v) is 3.75. The number of amides is 1. The Labute approximate surface area is 205 Å². The molecule has 0 unspecified atom stereocenters. The van der Waals surface area contributed by atoms with E-state index in [-0.39, 0.29) is 29.7 Å². The number of carbonyl (C=O) groups excluding carboxylic acids is 1. The summed E-state index contributed by atoms with van der Waals surface area (Å²) >= 11 is 0. The molecule has 0 spiro atoms. The van der Waals surface area contributed by atoms with Crippen LogP contribution in [0.4, 0.5) is 0 Å². The molecule has 1 amide bonds.